The maximum atomic E-state index is 11.8. The maximum absolute atomic E-state index is 11.8. The Balaban J connectivity index is 1.55. The Morgan fingerprint density at radius 2 is 1.78 bits per heavy atom. The molecule has 46 heavy (non-hydrogen) atoms. The third-order valence-corrected chi connectivity index (χ3v) is 10.4. The van der Waals surface area contributed by atoms with Gasteiger partial charge in [-0.1, -0.05) is 54.9 Å². The van der Waals surface area contributed by atoms with Gasteiger partial charge in [0.25, 0.3) is 25.8 Å². The van der Waals surface area contributed by atoms with Crippen LogP contribution in [0.15, 0.2) is 82.6 Å². The SMILES string of the molecule is CCC(=Cc1oc2cc(C)c(Cl)cc2[n+]1CCCS(=O)(=O)O)C=C1Oc2ccc(-c3ccccc3)cc2N1CCC(C)S(=O)(=O)O. The number of rotatable bonds is 12. The number of oxazole rings is 1. The molecule has 0 bridgehead atoms. The van der Waals surface area contributed by atoms with Crippen molar-refractivity contribution in [2.45, 2.75) is 51.8 Å². The van der Waals surface area contributed by atoms with Gasteiger partial charge in [0, 0.05) is 25.1 Å². The highest BCUT2D eigenvalue weighted by Gasteiger charge is 2.30. The number of benzene rings is 3. The summed E-state index contributed by atoms with van der Waals surface area (Å²) < 4.78 is 79.7. The Kier molecular flexibility index (Phi) is 9.95. The highest BCUT2D eigenvalue weighted by atomic mass is 35.5. The molecule has 13 heteroatoms. The van der Waals surface area contributed by atoms with E-state index < -0.39 is 31.2 Å². The molecule has 244 valence electrons. The zero-order valence-corrected chi connectivity index (χ0v) is 28.1. The first kappa shape index (κ1) is 33.7. The summed E-state index contributed by atoms with van der Waals surface area (Å²) in [5.41, 5.74) is 5.63. The molecular weight excluding hydrogens is 652 g/mol. The van der Waals surface area contributed by atoms with Crippen molar-refractivity contribution in [1.29, 1.82) is 0 Å². The van der Waals surface area contributed by atoms with Crippen LogP contribution in [0.4, 0.5) is 5.69 Å². The van der Waals surface area contributed by atoms with E-state index in [2.05, 4.69) is 0 Å². The van der Waals surface area contributed by atoms with E-state index in [0.29, 0.717) is 40.1 Å². The smallest absolute Gasteiger partial charge is 0.374 e. The topological polar surface area (TPSA) is 138 Å². The molecule has 1 aliphatic heterocycles. The fourth-order valence-electron chi connectivity index (χ4n) is 5.24. The molecule has 0 aliphatic carbocycles. The first-order valence-electron chi connectivity index (χ1n) is 14.8. The van der Waals surface area contributed by atoms with Crippen LogP contribution in [-0.4, -0.2) is 43.5 Å². The summed E-state index contributed by atoms with van der Waals surface area (Å²) in [4.78, 5) is 1.90. The van der Waals surface area contributed by atoms with Gasteiger partial charge in [0.15, 0.2) is 12.3 Å². The van der Waals surface area contributed by atoms with E-state index >= 15 is 0 Å². The number of aromatic nitrogens is 1. The van der Waals surface area contributed by atoms with Crippen molar-refractivity contribution in [3.05, 3.63) is 94.7 Å². The van der Waals surface area contributed by atoms with Crippen molar-refractivity contribution in [3.8, 4) is 16.9 Å². The number of hydrogen-bond donors (Lipinski definition) is 2. The number of allylic oxidation sites excluding steroid dienone is 2. The fourth-order valence-corrected chi connectivity index (χ4v) is 6.29. The minimum atomic E-state index is -4.23. The maximum Gasteiger partial charge on any atom is 0.374 e. The number of fused-ring (bicyclic) bond motifs is 2. The first-order chi connectivity index (χ1) is 21.7. The van der Waals surface area contributed by atoms with Crippen LogP contribution in [0.3, 0.4) is 0 Å². The Morgan fingerprint density at radius 1 is 1.04 bits per heavy atom. The molecule has 0 saturated carbocycles. The summed E-state index contributed by atoms with van der Waals surface area (Å²) in [6.07, 6.45) is 4.56. The lowest BCUT2D eigenvalue weighted by atomic mass is 10.0. The monoisotopic (exact) mass is 687 g/mol. The van der Waals surface area contributed by atoms with Crippen molar-refractivity contribution in [2.75, 3.05) is 17.2 Å². The fraction of sp³-hybridized carbons (Fsp3) is 0.303. The molecule has 2 heterocycles. The zero-order chi connectivity index (χ0) is 33.2. The van der Waals surface area contributed by atoms with Crippen LogP contribution >= 0.6 is 11.6 Å². The van der Waals surface area contributed by atoms with E-state index in [1.165, 1.54) is 6.92 Å². The zero-order valence-electron chi connectivity index (χ0n) is 25.7. The van der Waals surface area contributed by atoms with Gasteiger partial charge in [-0.25, -0.2) is 0 Å². The van der Waals surface area contributed by atoms with E-state index in [9.17, 15) is 25.9 Å². The summed E-state index contributed by atoms with van der Waals surface area (Å²) in [5.74, 6) is 1.13. The number of aryl methyl sites for hydroxylation is 2. The van der Waals surface area contributed by atoms with Crippen molar-refractivity contribution >= 4 is 54.7 Å². The van der Waals surface area contributed by atoms with E-state index in [1.807, 2.05) is 90.1 Å². The molecule has 0 saturated heterocycles. The standard InChI is InChI=1S/C33H35ClN2O8S2/c1-4-24(18-32-35(14-8-16-45(37,38)39)29-21-27(34)22(2)17-31(29)44-32)19-33-36(15-13-23(3)46(40,41)42)28-20-26(11-12-30(28)43-33)25-9-6-5-7-10-25/h5-7,9-12,17-21,23H,4,8,13-16H2,1-3H3,(H-,37,38,39,40,41,42)/p+1. The molecule has 10 nitrogen and oxygen atoms in total. The van der Waals surface area contributed by atoms with E-state index in [0.717, 1.165) is 28.0 Å². The average Bonchev–Trinajstić information content (AvgIpc) is 3.50. The van der Waals surface area contributed by atoms with Gasteiger partial charge >= 0.3 is 5.89 Å². The molecule has 1 aromatic heterocycles. The summed E-state index contributed by atoms with van der Waals surface area (Å²) in [6.45, 7) is 5.79. The molecule has 5 rings (SSSR count). The summed E-state index contributed by atoms with van der Waals surface area (Å²) in [6, 6.07) is 19.3. The average molecular weight is 688 g/mol. The molecule has 0 spiro atoms. The predicted molar refractivity (Wildman–Crippen MR) is 179 cm³/mol. The summed E-state index contributed by atoms with van der Waals surface area (Å²) in [7, 11) is -8.37. The van der Waals surface area contributed by atoms with Crippen molar-refractivity contribution in [2.24, 2.45) is 0 Å². The molecule has 4 aromatic rings. The number of hydrogen-bond acceptors (Lipinski definition) is 7. The van der Waals surface area contributed by atoms with Gasteiger partial charge in [-0.05, 0) is 67.2 Å². The molecule has 1 unspecified atom stereocenters. The van der Waals surface area contributed by atoms with E-state index in [-0.39, 0.29) is 25.9 Å². The van der Waals surface area contributed by atoms with Crippen LogP contribution < -0.4 is 14.2 Å². The highest BCUT2D eigenvalue weighted by Crippen LogP contribution is 2.42. The van der Waals surface area contributed by atoms with Gasteiger partial charge in [-0.2, -0.15) is 21.4 Å². The van der Waals surface area contributed by atoms with Crippen LogP contribution in [0.5, 0.6) is 5.75 Å². The Hall–Kier alpha value is -3.68. The van der Waals surface area contributed by atoms with Gasteiger partial charge in [0.2, 0.25) is 11.5 Å². The van der Waals surface area contributed by atoms with Crippen LogP contribution in [0, 0.1) is 6.92 Å². The second-order valence-corrected chi connectivity index (χ2v) is 15.1. The Labute approximate surface area is 274 Å². The molecule has 1 atom stereocenters. The minimum absolute atomic E-state index is 0.148. The van der Waals surface area contributed by atoms with Crippen molar-refractivity contribution < 1.29 is 39.7 Å². The van der Waals surface area contributed by atoms with Gasteiger partial charge in [-0.3, -0.25) is 9.11 Å². The van der Waals surface area contributed by atoms with Crippen LogP contribution in [-0.2, 0) is 26.8 Å². The molecule has 0 fully saturated rings. The van der Waals surface area contributed by atoms with Gasteiger partial charge in [0.1, 0.15) is 0 Å². The van der Waals surface area contributed by atoms with Crippen LogP contribution in [0.1, 0.15) is 44.6 Å². The molecule has 0 amide bonds. The number of halogens is 1. The highest BCUT2D eigenvalue weighted by molar-refractivity contribution is 7.86. The quantitative estimate of drug-likeness (QED) is 0.121. The number of nitrogens with zero attached hydrogens (tertiary/aromatic N) is 2. The third kappa shape index (κ3) is 7.81. The lowest BCUT2D eigenvalue weighted by molar-refractivity contribution is -0.677. The van der Waals surface area contributed by atoms with Crippen LogP contribution in [0.25, 0.3) is 28.3 Å². The van der Waals surface area contributed by atoms with Crippen molar-refractivity contribution in [3.63, 3.8) is 0 Å². The largest absolute Gasteiger partial charge is 0.439 e. The molecule has 1 aliphatic rings. The Bertz CT molecular complexity index is 2040. The van der Waals surface area contributed by atoms with Gasteiger partial charge in [-0.15, -0.1) is 0 Å². The molecule has 2 N–H and O–H groups in total. The Morgan fingerprint density at radius 3 is 2.46 bits per heavy atom. The van der Waals surface area contributed by atoms with Crippen LogP contribution in [0.2, 0.25) is 5.02 Å². The molecular formula is C33H36ClN2O8S2+. The van der Waals surface area contributed by atoms with Gasteiger partial charge in [0.05, 0.1) is 27.8 Å². The van der Waals surface area contributed by atoms with Gasteiger partial charge < -0.3 is 14.1 Å². The number of anilines is 1. The summed E-state index contributed by atoms with van der Waals surface area (Å²) >= 11 is 6.42. The van der Waals surface area contributed by atoms with Crippen molar-refractivity contribution in [1.82, 2.24) is 0 Å². The first-order valence-corrected chi connectivity index (χ1v) is 18.3. The predicted octanol–water partition coefficient (Wildman–Crippen LogP) is 6.83. The van der Waals surface area contributed by atoms with E-state index in [4.69, 9.17) is 20.8 Å². The van der Waals surface area contributed by atoms with E-state index in [1.54, 1.807) is 6.07 Å². The molecule has 0 radical (unpaired) electrons. The summed E-state index contributed by atoms with van der Waals surface area (Å²) in [5, 5.41) is -0.448. The third-order valence-electron chi connectivity index (χ3n) is 7.93. The number of ether oxygens (including phenoxy) is 1. The lowest BCUT2D eigenvalue weighted by Crippen LogP contribution is -2.36. The minimum Gasteiger partial charge on any atom is -0.439 e. The molecule has 3 aromatic carbocycles. The second kappa shape index (κ2) is 13.6. The lowest BCUT2D eigenvalue weighted by Gasteiger charge is -2.20. The normalized spacial score (nSPS) is 15.4. The second-order valence-electron chi connectivity index (χ2n) is 11.3.